The lowest BCUT2D eigenvalue weighted by atomic mass is 9.92. The first kappa shape index (κ1) is 25.1. The molecule has 3 aromatic rings. The monoisotopic (exact) mass is 456 g/mol. The van der Waals surface area contributed by atoms with Crippen LogP contribution in [0.1, 0.15) is 25.0 Å². The lowest BCUT2D eigenvalue weighted by molar-refractivity contribution is -0.275. The highest BCUT2D eigenvalue weighted by Crippen LogP contribution is 2.34. The molecule has 0 atom stereocenters. The molecule has 0 amide bonds. The molecule has 0 unspecified atom stereocenters. The van der Waals surface area contributed by atoms with E-state index in [9.17, 15) is 26.3 Å². The van der Waals surface area contributed by atoms with E-state index in [0.717, 1.165) is 22.3 Å². The van der Waals surface area contributed by atoms with Crippen molar-refractivity contribution in [3.8, 4) is 33.8 Å². The molecule has 3 rings (SSSR count). The molecular weight excluding hydrogens is 434 g/mol. The summed E-state index contributed by atoms with van der Waals surface area (Å²) < 4.78 is 81.8. The lowest BCUT2D eigenvalue weighted by Gasteiger charge is -2.15. The SMILES string of the molecule is CC.Cc1cc(C)c(-c2ccc(OC(F)(F)F)cc2)cc1-c1ccc(OC(F)(F)F)cc1. The van der Waals surface area contributed by atoms with Gasteiger partial charge in [-0.25, -0.2) is 0 Å². The van der Waals surface area contributed by atoms with Gasteiger partial charge in [-0.15, -0.1) is 26.3 Å². The van der Waals surface area contributed by atoms with E-state index in [4.69, 9.17) is 0 Å². The van der Waals surface area contributed by atoms with Gasteiger partial charge < -0.3 is 9.47 Å². The molecular formula is C24H22F6O2. The average Bonchev–Trinajstić information content (AvgIpc) is 2.69. The fourth-order valence-electron chi connectivity index (χ4n) is 3.15. The van der Waals surface area contributed by atoms with E-state index in [0.29, 0.717) is 11.1 Å². The van der Waals surface area contributed by atoms with E-state index in [2.05, 4.69) is 9.47 Å². The smallest absolute Gasteiger partial charge is 0.406 e. The van der Waals surface area contributed by atoms with Gasteiger partial charge in [0.25, 0.3) is 0 Å². The van der Waals surface area contributed by atoms with Gasteiger partial charge >= 0.3 is 12.7 Å². The molecule has 0 saturated heterocycles. The largest absolute Gasteiger partial charge is 0.573 e. The zero-order valence-electron chi connectivity index (χ0n) is 17.9. The van der Waals surface area contributed by atoms with Gasteiger partial charge in [-0.2, -0.15) is 0 Å². The van der Waals surface area contributed by atoms with Crippen LogP contribution >= 0.6 is 0 Å². The van der Waals surface area contributed by atoms with Crippen molar-refractivity contribution in [2.75, 3.05) is 0 Å². The summed E-state index contributed by atoms with van der Waals surface area (Å²) >= 11 is 0. The fourth-order valence-corrected chi connectivity index (χ4v) is 3.15. The number of alkyl halides is 6. The van der Waals surface area contributed by atoms with Crippen molar-refractivity contribution < 1.29 is 35.8 Å². The second kappa shape index (κ2) is 9.97. The van der Waals surface area contributed by atoms with Crippen molar-refractivity contribution >= 4 is 0 Å². The topological polar surface area (TPSA) is 18.5 Å². The maximum atomic E-state index is 12.3. The Bertz CT molecular complexity index is 940. The van der Waals surface area contributed by atoms with Gasteiger partial charge in [0.15, 0.2) is 0 Å². The van der Waals surface area contributed by atoms with Crippen LogP contribution in [0.5, 0.6) is 11.5 Å². The third-order valence-electron chi connectivity index (χ3n) is 4.37. The number of hydrogen-bond acceptors (Lipinski definition) is 2. The number of halogens is 6. The molecule has 2 nitrogen and oxygen atoms in total. The predicted octanol–water partition coefficient (Wildman–Crippen LogP) is 8.46. The van der Waals surface area contributed by atoms with Crippen molar-refractivity contribution in [1.82, 2.24) is 0 Å². The average molecular weight is 456 g/mol. The Hall–Kier alpha value is -3.16. The van der Waals surface area contributed by atoms with E-state index in [1.165, 1.54) is 48.5 Å². The summed E-state index contributed by atoms with van der Waals surface area (Å²) in [5.74, 6) is -0.645. The molecule has 0 heterocycles. The minimum absolute atomic E-state index is 0.323. The Balaban J connectivity index is 0.00000176. The van der Waals surface area contributed by atoms with Gasteiger partial charge in [0, 0.05) is 0 Å². The quantitative estimate of drug-likeness (QED) is 0.367. The third-order valence-corrected chi connectivity index (χ3v) is 4.37. The van der Waals surface area contributed by atoms with Crippen LogP contribution in [0.15, 0.2) is 60.7 Å². The molecule has 8 heteroatoms. The molecule has 0 aromatic heterocycles. The van der Waals surface area contributed by atoms with Crippen molar-refractivity contribution in [1.29, 1.82) is 0 Å². The van der Waals surface area contributed by atoms with Crippen molar-refractivity contribution in [2.45, 2.75) is 40.4 Å². The van der Waals surface area contributed by atoms with Crippen LogP contribution < -0.4 is 9.47 Å². The molecule has 0 N–H and O–H groups in total. The van der Waals surface area contributed by atoms with Crippen LogP contribution in [-0.2, 0) is 0 Å². The van der Waals surface area contributed by atoms with Crippen LogP contribution in [-0.4, -0.2) is 12.7 Å². The molecule has 0 aliphatic rings. The van der Waals surface area contributed by atoms with Gasteiger partial charge in [-0.05, 0) is 77.6 Å². The Morgan fingerprint density at radius 1 is 0.531 bits per heavy atom. The predicted molar refractivity (Wildman–Crippen MR) is 112 cm³/mol. The summed E-state index contributed by atoms with van der Waals surface area (Å²) in [7, 11) is 0. The number of aryl methyl sites for hydroxylation is 2. The van der Waals surface area contributed by atoms with Gasteiger partial charge in [-0.1, -0.05) is 44.2 Å². The van der Waals surface area contributed by atoms with E-state index in [1.54, 1.807) is 0 Å². The fraction of sp³-hybridized carbons (Fsp3) is 0.250. The molecule has 32 heavy (non-hydrogen) atoms. The Morgan fingerprint density at radius 2 is 0.844 bits per heavy atom. The Labute approximate surface area is 182 Å². The number of ether oxygens (including phenoxy) is 2. The van der Waals surface area contributed by atoms with Crippen LogP contribution in [0, 0.1) is 13.8 Å². The van der Waals surface area contributed by atoms with Gasteiger partial charge in [0.1, 0.15) is 11.5 Å². The standard InChI is InChI=1S/C22H16F6O2.C2H6/c1-13-11-14(2)20(16-5-9-18(10-6-16)30-22(26,27)28)12-19(13)15-3-7-17(8-4-15)29-21(23,24)25;1-2/h3-12H,1-2H3;1-2H3. The van der Waals surface area contributed by atoms with Crippen molar-refractivity contribution in [3.05, 3.63) is 71.8 Å². The highest BCUT2D eigenvalue weighted by Gasteiger charge is 2.31. The Morgan fingerprint density at radius 3 is 1.12 bits per heavy atom. The van der Waals surface area contributed by atoms with Gasteiger partial charge in [0.2, 0.25) is 0 Å². The lowest BCUT2D eigenvalue weighted by Crippen LogP contribution is -2.16. The minimum atomic E-state index is -4.77. The number of benzene rings is 3. The number of rotatable bonds is 4. The maximum Gasteiger partial charge on any atom is 0.573 e. The summed E-state index contributed by atoms with van der Waals surface area (Å²) in [4.78, 5) is 0. The zero-order valence-corrected chi connectivity index (χ0v) is 17.9. The van der Waals surface area contributed by atoms with Crippen LogP contribution in [0.2, 0.25) is 0 Å². The van der Waals surface area contributed by atoms with E-state index in [-0.39, 0.29) is 11.5 Å². The molecule has 0 saturated carbocycles. The van der Waals surface area contributed by atoms with Crippen molar-refractivity contribution in [2.24, 2.45) is 0 Å². The Kier molecular flexibility index (Phi) is 7.83. The molecule has 0 aliphatic carbocycles. The third kappa shape index (κ3) is 6.93. The van der Waals surface area contributed by atoms with Crippen LogP contribution in [0.3, 0.4) is 0 Å². The highest BCUT2D eigenvalue weighted by atomic mass is 19.4. The van der Waals surface area contributed by atoms with Crippen molar-refractivity contribution in [3.63, 3.8) is 0 Å². The molecule has 0 aliphatic heterocycles. The van der Waals surface area contributed by atoms with Gasteiger partial charge in [0.05, 0.1) is 0 Å². The second-order valence-corrected chi connectivity index (χ2v) is 6.63. The molecule has 0 bridgehead atoms. The molecule has 3 aromatic carbocycles. The van der Waals surface area contributed by atoms with E-state index >= 15 is 0 Å². The molecule has 0 spiro atoms. The summed E-state index contributed by atoms with van der Waals surface area (Å²) in [5.41, 5.74) is 4.73. The van der Waals surface area contributed by atoms with E-state index in [1.807, 2.05) is 39.8 Å². The number of hydrogen-bond donors (Lipinski definition) is 0. The second-order valence-electron chi connectivity index (χ2n) is 6.63. The first-order valence-corrected chi connectivity index (χ1v) is 9.75. The molecule has 172 valence electrons. The first-order chi connectivity index (χ1) is 14.9. The first-order valence-electron chi connectivity index (χ1n) is 9.75. The summed E-state index contributed by atoms with van der Waals surface area (Å²) in [6, 6.07) is 14.7. The maximum absolute atomic E-state index is 12.3. The molecule has 0 fully saturated rings. The summed E-state index contributed by atoms with van der Waals surface area (Å²) in [6.45, 7) is 7.74. The normalized spacial score (nSPS) is 11.4. The summed E-state index contributed by atoms with van der Waals surface area (Å²) in [6.07, 6.45) is -9.53. The molecule has 0 radical (unpaired) electrons. The van der Waals surface area contributed by atoms with Gasteiger partial charge in [-0.3, -0.25) is 0 Å². The van der Waals surface area contributed by atoms with E-state index < -0.39 is 12.7 Å². The minimum Gasteiger partial charge on any atom is -0.406 e. The summed E-state index contributed by atoms with van der Waals surface area (Å²) in [5, 5.41) is 0. The highest BCUT2D eigenvalue weighted by molar-refractivity contribution is 5.78. The van der Waals surface area contributed by atoms with Crippen LogP contribution in [0.4, 0.5) is 26.3 Å². The zero-order chi connectivity index (χ0) is 24.1. The van der Waals surface area contributed by atoms with Crippen LogP contribution in [0.25, 0.3) is 22.3 Å².